The lowest BCUT2D eigenvalue weighted by Crippen LogP contribution is -2.47. The zero-order valence-electron chi connectivity index (χ0n) is 18.0. The van der Waals surface area contributed by atoms with Crippen molar-refractivity contribution in [3.8, 4) is 0 Å². The number of imidazole rings is 1. The van der Waals surface area contributed by atoms with E-state index in [1.807, 2.05) is 36.4 Å². The van der Waals surface area contributed by atoms with E-state index in [1.54, 1.807) is 10.9 Å². The highest BCUT2D eigenvalue weighted by molar-refractivity contribution is 5.81. The van der Waals surface area contributed by atoms with Gasteiger partial charge in [0, 0.05) is 13.1 Å². The highest BCUT2D eigenvalue weighted by Gasteiger charge is 2.47. The molecule has 170 valence electrons. The van der Waals surface area contributed by atoms with Crippen molar-refractivity contribution < 1.29 is 14.9 Å². The van der Waals surface area contributed by atoms with Crippen LogP contribution in [0.3, 0.4) is 0 Å². The molecule has 2 aromatic heterocycles. The summed E-state index contributed by atoms with van der Waals surface area (Å²) in [6, 6.07) is 19.7. The fraction of sp³-hybridized carbons (Fsp3) is 0.292. The smallest absolute Gasteiger partial charge is 0.167 e. The minimum atomic E-state index is -0.942. The molecule has 9 nitrogen and oxygen atoms in total. The van der Waals surface area contributed by atoms with Crippen molar-refractivity contribution in [3.05, 3.63) is 84.4 Å². The zero-order valence-corrected chi connectivity index (χ0v) is 18.0. The van der Waals surface area contributed by atoms with Crippen molar-refractivity contribution in [1.29, 1.82) is 0 Å². The predicted octanol–water partition coefficient (Wildman–Crippen LogP) is 1.73. The number of hydrogen-bond donors (Lipinski definition) is 3. The molecule has 0 amide bonds. The third kappa shape index (κ3) is 4.19. The molecule has 9 heteroatoms. The van der Waals surface area contributed by atoms with E-state index in [4.69, 9.17) is 10.5 Å². The van der Waals surface area contributed by atoms with Crippen LogP contribution in [0.5, 0.6) is 0 Å². The molecule has 3 heterocycles. The second kappa shape index (κ2) is 9.24. The van der Waals surface area contributed by atoms with E-state index in [9.17, 15) is 10.2 Å². The molecule has 1 fully saturated rings. The molecule has 3 unspecified atom stereocenters. The van der Waals surface area contributed by atoms with Crippen LogP contribution in [0.15, 0.2) is 73.3 Å². The van der Waals surface area contributed by atoms with Gasteiger partial charge in [0.05, 0.1) is 19.0 Å². The average molecular weight is 447 g/mol. The number of anilines is 1. The Morgan fingerprint density at radius 2 is 1.58 bits per heavy atom. The first kappa shape index (κ1) is 21.5. The van der Waals surface area contributed by atoms with E-state index >= 15 is 0 Å². The molecular weight excluding hydrogens is 420 g/mol. The summed E-state index contributed by atoms with van der Waals surface area (Å²) in [5.74, 6) is 0.260. The van der Waals surface area contributed by atoms with Gasteiger partial charge in [0.1, 0.15) is 24.1 Å². The van der Waals surface area contributed by atoms with Crippen molar-refractivity contribution in [3.63, 3.8) is 0 Å². The molecule has 1 aliphatic rings. The number of aromatic nitrogens is 4. The number of nitrogens with zero attached hydrogens (tertiary/aromatic N) is 5. The summed E-state index contributed by atoms with van der Waals surface area (Å²) < 4.78 is 7.82. The first-order valence-corrected chi connectivity index (χ1v) is 10.8. The van der Waals surface area contributed by atoms with Gasteiger partial charge in [-0.25, -0.2) is 15.0 Å². The number of ether oxygens (including phenoxy) is 1. The van der Waals surface area contributed by atoms with E-state index in [0.29, 0.717) is 24.3 Å². The Morgan fingerprint density at radius 3 is 2.18 bits per heavy atom. The van der Waals surface area contributed by atoms with E-state index in [-0.39, 0.29) is 12.4 Å². The van der Waals surface area contributed by atoms with Crippen LogP contribution in [-0.2, 0) is 17.8 Å². The summed E-state index contributed by atoms with van der Waals surface area (Å²) in [5, 5.41) is 21.7. The summed E-state index contributed by atoms with van der Waals surface area (Å²) in [4.78, 5) is 14.7. The van der Waals surface area contributed by atoms with E-state index in [0.717, 1.165) is 11.1 Å². The Hall–Kier alpha value is -3.37. The van der Waals surface area contributed by atoms with Gasteiger partial charge in [-0.15, -0.1) is 0 Å². The maximum absolute atomic E-state index is 11.5. The highest BCUT2D eigenvalue weighted by atomic mass is 16.5. The van der Waals surface area contributed by atoms with E-state index in [2.05, 4.69) is 44.1 Å². The number of aliphatic hydroxyl groups is 2. The van der Waals surface area contributed by atoms with Crippen molar-refractivity contribution in [1.82, 2.24) is 24.4 Å². The molecule has 4 N–H and O–H groups in total. The van der Waals surface area contributed by atoms with Crippen LogP contribution in [0.1, 0.15) is 17.4 Å². The number of nitrogens with two attached hydrogens (primary N) is 1. The normalized spacial score (nSPS) is 22.9. The summed E-state index contributed by atoms with van der Waals surface area (Å²) in [6.45, 7) is 0.940. The molecule has 0 aliphatic carbocycles. The van der Waals surface area contributed by atoms with Crippen molar-refractivity contribution >= 4 is 17.0 Å². The zero-order chi connectivity index (χ0) is 22.8. The van der Waals surface area contributed by atoms with Gasteiger partial charge < -0.3 is 20.7 Å². The minimum absolute atomic E-state index is 0.234. The highest BCUT2D eigenvalue weighted by Crippen LogP contribution is 2.35. The monoisotopic (exact) mass is 446 g/mol. The van der Waals surface area contributed by atoms with Crippen LogP contribution in [0.2, 0.25) is 0 Å². The quantitative estimate of drug-likeness (QED) is 0.392. The first-order valence-electron chi connectivity index (χ1n) is 10.8. The average Bonchev–Trinajstić information content (AvgIpc) is 3.41. The molecule has 4 aromatic rings. The van der Waals surface area contributed by atoms with Gasteiger partial charge in [0.2, 0.25) is 0 Å². The Bertz CT molecular complexity index is 1160. The molecule has 0 spiro atoms. The summed E-state index contributed by atoms with van der Waals surface area (Å²) in [5.41, 5.74) is 9.06. The minimum Gasteiger partial charge on any atom is -0.394 e. The number of aliphatic hydroxyl groups excluding tert-OH is 2. The first-order chi connectivity index (χ1) is 16.2. The molecule has 2 aromatic carbocycles. The van der Waals surface area contributed by atoms with Crippen LogP contribution in [-0.4, -0.2) is 59.5 Å². The SMILES string of the molecule is Nc1ncnc2c1ncn2[C@@H]1OC(CO)C(N(Cc2ccccc2)Cc2ccccc2)C1O. The van der Waals surface area contributed by atoms with Gasteiger partial charge in [-0.2, -0.15) is 0 Å². The van der Waals surface area contributed by atoms with Crippen molar-refractivity contribution in [2.24, 2.45) is 0 Å². The Kier molecular flexibility index (Phi) is 6.01. The van der Waals surface area contributed by atoms with Crippen LogP contribution < -0.4 is 5.73 Å². The lowest BCUT2D eigenvalue weighted by Gasteiger charge is -2.33. The number of fused-ring (bicyclic) bond motifs is 1. The summed E-state index contributed by atoms with van der Waals surface area (Å²) in [6.07, 6.45) is 0.576. The second-order valence-electron chi connectivity index (χ2n) is 8.19. The van der Waals surface area contributed by atoms with Gasteiger partial charge in [-0.05, 0) is 11.1 Å². The molecule has 33 heavy (non-hydrogen) atoms. The molecular formula is C24H26N6O3. The van der Waals surface area contributed by atoms with Gasteiger partial charge in [0.15, 0.2) is 17.7 Å². The Balaban J connectivity index is 1.49. The van der Waals surface area contributed by atoms with Crippen LogP contribution >= 0.6 is 0 Å². The molecule has 0 saturated carbocycles. The third-order valence-electron chi connectivity index (χ3n) is 6.06. The summed E-state index contributed by atoms with van der Waals surface area (Å²) in [7, 11) is 0. The lowest BCUT2D eigenvalue weighted by molar-refractivity contribution is -0.0501. The molecule has 0 bridgehead atoms. The van der Waals surface area contributed by atoms with Crippen LogP contribution in [0, 0.1) is 0 Å². The third-order valence-corrected chi connectivity index (χ3v) is 6.06. The number of hydrogen-bond acceptors (Lipinski definition) is 8. The van der Waals surface area contributed by atoms with Gasteiger partial charge in [0.25, 0.3) is 0 Å². The molecule has 1 aliphatic heterocycles. The van der Waals surface area contributed by atoms with Gasteiger partial charge in [-0.1, -0.05) is 60.7 Å². The number of benzene rings is 2. The standard InChI is InChI=1S/C24H26N6O3/c25-22-19-23(27-14-26-22)30(15-28-19)24-21(32)20(18(13-31)33-24)29(11-16-7-3-1-4-8-16)12-17-9-5-2-6-10-17/h1-10,14-15,18,20-21,24,31-32H,11-13H2,(H2,25,26,27)/t18?,20?,21?,24-/m1/s1. The summed E-state index contributed by atoms with van der Waals surface area (Å²) >= 11 is 0. The van der Waals surface area contributed by atoms with Crippen LogP contribution in [0.25, 0.3) is 11.2 Å². The predicted molar refractivity (Wildman–Crippen MR) is 123 cm³/mol. The van der Waals surface area contributed by atoms with Gasteiger partial charge >= 0.3 is 0 Å². The maximum atomic E-state index is 11.5. The van der Waals surface area contributed by atoms with Gasteiger partial charge in [-0.3, -0.25) is 9.47 Å². The fourth-order valence-electron chi connectivity index (χ4n) is 4.52. The molecule has 4 atom stereocenters. The number of nitrogen functional groups attached to an aromatic ring is 1. The molecule has 0 radical (unpaired) electrons. The van der Waals surface area contributed by atoms with Crippen molar-refractivity contribution in [2.75, 3.05) is 12.3 Å². The van der Waals surface area contributed by atoms with E-state index in [1.165, 1.54) is 6.33 Å². The topological polar surface area (TPSA) is 123 Å². The van der Waals surface area contributed by atoms with Crippen LogP contribution in [0.4, 0.5) is 5.82 Å². The maximum Gasteiger partial charge on any atom is 0.167 e. The lowest BCUT2D eigenvalue weighted by atomic mass is 10.0. The molecule has 1 saturated heterocycles. The van der Waals surface area contributed by atoms with E-state index < -0.39 is 24.5 Å². The number of rotatable bonds is 7. The second-order valence-corrected chi connectivity index (χ2v) is 8.19. The van der Waals surface area contributed by atoms with Crippen molar-refractivity contribution in [2.45, 2.75) is 37.6 Å². The Labute approximate surface area is 191 Å². The molecule has 5 rings (SSSR count). The Morgan fingerprint density at radius 1 is 0.939 bits per heavy atom. The fourth-order valence-corrected chi connectivity index (χ4v) is 4.52. The largest absolute Gasteiger partial charge is 0.394 e.